The first-order valence-corrected chi connectivity index (χ1v) is 9.12. The zero-order chi connectivity index (χ0) is 18.1. The number of hydrogen-bond acceptors (Lipinski definition) is 2. The Kier molecular flexibility index (Phi) is 4.11. The summed E-state index contributed by atoms with van der Waals surface area (Å²) in [6, 6.07) is 18.8. The van der Waals surface area contributed by atoms with E-state index >= 15 is 0 Å². The molecule has 1 fully saturated rings. The molecule has 0 radical (unpaired) electrons. The van der Waals surface area contributed by atoms with E-state index in [9.17, 15) is 9.59 Å². The number of amides is 2. The van der Waals surface area contributed by atoms with E-state index in [1.165, 1.54) is 10.0 Å². The van der Waals surface area contributed by atoms with Gasteiger partial charge in [0, 0.05) is 0 Å². The number of nitrogens with zero attached hydrogens (tertiary/aromatic N) is 2. The maximum absolute atomic E-state index is 13.5. The number of hydrazine groups is 1. The summed E-state index contributed by atoms with van der Waals surface area (Å²) in [7, 11) is 0. The summed E-state index contributed by atoms with van der Waals surface area (Å²) in [6.07, 6.45) is 5.98. The zero-order valence-corrected chi connectivity index (χ0v) is 14.9. The van der Waals surface area contributed by atoms with Crippen molar-refractivity contribution in [1.29, 1.82) is 0 Å². The van der Waals surface area contributed by atoms with Gasteiger partial charge in [-0.2, -0.15) is 0 Å². The quantitative estimate of drug-likeness (QED) is 0.607. The van der Waals surface area contributed by atoms with Crippen LogP contribution in [0.5, 0.6) is 0 Å². The zero-order valence-electron chi connectivity index (χ0n) is 14.9. The number of anilines is 2. The minimum absolute atomic E-state index is 0.175. The van der Waals surface area contributed by atoms with Crippen LogP contribution in [0.25, 0.3) is 0 Å². The number of hydrogen-bond donors (Lipinski definition) is 0. The molecule has 4 heteroatoms. The SMILES string of the molecule is CC1(C2=CCCCC2)C(=O)N(c2ccccc2)N(c2ccccc2)C1=O. The third kappa shape index (κ3) is 2.45. The number of allylic oxidation sites excluding steroid dienone is 1. The van der Waals surface area contributed by atoms with Gasteiger partial charge in [-0.3, -0.25) is 9.59 Å². The third-order valence-corrected chi connectivity index (χ3v) is 5.37. The van der Waals surface area contributed by atoms with Crippen molar-refractivity contribution in [1.82, 2.24) is 0 Å². The van der Waals surface area contributed by atoms with E-state index < -0.39 is 5.41 Å². The highest BCUT2D eigenvalue weighted by atomic mass is 16.2. The van der Waals surface area contributed by atoms with E-state index in [2.05, 4.69) is 6.08 Å². The van der Waals surface area contributed by atoms with Crippen LogP contribution in [0.2, 0.25) is 0 Å². The van der Waals surface area contributed by atoms with Gasteiger partial charge < -0.3 is 0 Å². The molecule has 0 atom stereocenters. The molecule has 0 aromatic heterocycles. The smallest absolute Gasteiger partial charge is 0.265 e. The van der Waals surface area contributed by atoms with Crippen molar-refractivity contribution in [2.24, 2.45) is 5.41 Å². The summed E-state index contributed by atoms with van der Waals surface area (Å²) in [5.74, 6) is -0.351. The van der Waals surface area contributed by atoms with Crippen LogP contribution in [0, 0.1) is 5.41 Å². The average Bonchev–Trinajstić information content (AvgIpc) is 2.92. The van der Waals surface area contributed by atoms with Gasteiger partial charge in [0.2, 0.25) is 0 Å². The van der Waals surface area contributed by atoms with Gasteiger partial charge in [0.15, 0.2) is 5.41 Å². The van der Waals surface area contributed by atoms with E-state index in [1.807, 2.05) is 60.7 Å². The molecule has 1 heterocycles. The van der Waals surface area contributed by atoms with Gasteiger partial charge in [-0.05, 0) is 62.4 Å². The Morgan fingerprint density at radius 3 is 1.69 bits per heavy atom. The molecule has 26 heavy (non-hydrogen) atoms. The molecule has 1 saturated heterocycles. The minimum Gasteiger partial charge on any atom is -0.271 e. The second-order valence-corrected chi connectivity index (χ2v) is 7.01. The fourth-order valence-electron chi connectivity index (χ4n) is 3.87. The van der Waals surface area contributed by atoms with Crippen molar-refractivity contribution < 1.29 is 9.59 Å². The second kappa shape index (κ2) is 6.45. The Morgan fingerprint density at radius 1 is 0.769 bits per heavy atom. The molecular formula is C22H22N2O2. The van der Waals surface area contributed by atoms with Gasteiger partial charge >= 0.3 is 0 Å². The van der Waals surface area contributed by atoms with E-state index in [4.69, 9.17) is 0 Å². The standard InChI is InChI=1S/C22H22N2O2/c1-22(17-11-5-2-6-12-17)20(25)23(18-13-7-3-8-14-18)24(21(22)26)19-15-9-4-10-16-19/h3-4,7-11,13-16H,2,5-6,12H2,1H3. The Labute approximate surface area is 153 Å². The Balaban J connectivity index is 1.87. The molecule has 4 rings (SSSR count). The van der Waals surface area contributed by atoms with Crippen LogP contribution in [0.3, 0.4) is 0 Å². The van der Waals surface area contributed by atoms with Crippen molar-refractivity contribution in [3.8, 4) is 0 Å². The van der Waals surface area contributed by atoms with E-state index in [-0.39, 0.29) is 11.8 Å². The lowest BCUT2D eigenvalue weighted by Gasteiger charge is -2.27. The first-order chi connectivity index (χ1) is 12.6. The van der Waals surface area contributed by atoms with Gasteiger partial charge in [-0.25, -0.2) is 10.0 Å². The molecule has 0 spiro atoms. The van der Waals surface area contributed by atoms with Crippen LogP contribution in [-0.4, -0.2) is 11.8 Å². The van der Waals surface area contributed by atoms with E-state index in [1.54, 1.807) is 6.92 Å². The topological polar surface area (TPSA) is 40.6 Å². The van der Waals surface area contributed by atoms with Crippen molar-refractivity contribution in [2.45, 2.75) is 32.6 Å². The molecule has 2 aliphatic rings. The highest BCUT2D eigenvalue weighted by Crippen LogP contribution is 2.45. The minimum atomic E-state index is -1.13. The molecule has 2 aromatic rings. The molecule has 0 saturated carbocycles. The van der Waals surface area contributed by atoms with Gasteiger partial charge in [0.1, 0.15) is 0 Å². The lowest BCUT2D eigenvalue weighted by molar-refractivity contribution is -0.131. The van der Waals surface area contributed by atoms with Crippen molar-refractivity contribution >= 4 is 23.2 Å². The number of benzene rings is 2. The van der Waals surface area contributed by atoms with Gasteiger partial charge in [-0.1, -0.05) is 42.5 Å². The molecule has 2 amide bonds. The Bertz CT molecular complexity index is 801. The predicted molar refractivity (Wildman–Crippen MR) is 103 cm³/mol. The fraction of sp³-hybridized carbons (Fsp3) is 0.273. The monoisotopic (exact) mass is 346 g/mol. The number of para-hydroxylation sites is 2. The second-order valence-electron chi connectivity index (χ2n) is 7.01. The molecular weight excluding hydrogens is 324 g/mol. The first-order valence-electron chi connectivity index (χ1n) is 9.12. The maximum atomic E-state index is 13.5. The van der Waals surface area contributed by atoms with Crippen molar-refractivity contribution in [3.63, 3.8) is 0 Å². The van der Waals surface area contributed by atoms with E-state index in [0.29, 0.717) is 11.4 Å². The van der Waals surface area contributed by atoms with Crippen LogP contribution in [0.4, 0.5) is 11.4 Å². The summed E-state index contributed by atoms with van der Waals surface area (Å²) in [6.45, 7) is 1.79. The number of carbonyl (C=O) groups is 2. The summed E-state index contributed by atoms with van der Waals surface area (Å²) < 4.78 is 0. The molecule has 2 aromatic carbocycles. The highest BCUT2D eigenvalue weighted by molar-refractivity contribution is 6.27. The van der Waals surface area contributed by atoms with Crippen LogP contribution >= 0.6 is 0 Å². The third-order valence-electron chi connectivity index (χ3n) is 5.37. The fourth-order valence-corrected chi connectivity index (χ4v) is 3.87. The largest absolute Gasteiger partial charge is 0.271 e. The Hall–Kier alpha value is -2.88. The summed E-state index contributed by atoms with van der Waals surface area (Å²) in [5, 5.41) is 3.07. The Morgan fingerprint density at radius 2 is 1.27 bits per heavy atom. The van der Waals surface area contributed by atoms with Gasteiger partial charge in [-0.15, -0.1) is 0 Å². The average molecular weight is 346 g/mol. The number of carbonyl (C=O) groups excluding carboxylic acids is 2. The first kappa shape index (κ1) is 16.6. The maximum Gasteiger partial charge on any atom is 0.265 e. The lowest BCUT2D eigenvalue weighted by atomic mass is 9.76. The molecule has 0 unspecified atom stereocenters. The van der Waals surface area contributed by atoms with Crippen molar-refractivity contribution in [2.75, 3.05) is 10.0 Å². The van der Waals surface area contributed by atoms with E-state index in [0.717, 1.165) is 31.3 Å². The summed E-state index contributed by atoms with van der Waals surface area (Å²) >= 11 is 0. The molecule has 1 aliphatic heterocycles. The lowest BCUT2D eigenvalue weighted by Crippen LogP contribution is -2.41. The van der Waals surface area contributed by atoms with Crippen LogP contribution in [-0.2, 0) is 9.59 Å². The summed E-state index contributed by atoms with van der Waals surface area (Å²) in [5.41, 5.74) is 1.23. The van der Waals surface area contributed by atoms with Crippen molar-refractivity contribution in [3.05, 3.63) is 72.3 Å². The molecule has 4 nitrogen and oxygen atoms in total. The molecule has 0 N–H and O–H groups in total. The van der Waals surface area contributed by atoms with Crippen LogP contribution in [0.15, 0.2) is 72.3 Å². The predicted octanol–water partition coefficient (Wildman–Crippen LogP) is 4.49. The summed E-state index contributed by atoms with van der Waals surface area (Å²) in [4.78, 5) is 27.1. The van der Waals surface area contributed by atoms with Crippen LogP contribution in [0.1, 0.15) is 32.6 Å². The van der Waals surface area contributed by atoms with Gasteiger partial charge in [0.25, 0.3) is 11.8 Å². The van der Waals surface area contributed by atoms with Crippen LogP contribution < -0.4 is 10.0 Å². The molecule has 0 bridgehead atoms. The molecule has 132 valence electrons. The van der Waals surface area contributed by atoms with Gasteiger partial charge in [0.05, 0.1) is 11.4 Å². The normalized spacial score (nSPS) is 19.7. The number of rotatable bonds is 3. The molecule has 1 aliphatic carbocycles. The highest BCUT2D eigenvalue weighted by Gasteiger charge is 2.58.